The molecule has 3 rings (SSSR count). The summed E-state index contributed by atoms with van der Waals surface area (Å²) in [5.41, 5.74) is 0.951. The minimum Gasteiger partial charge on any atom is -0.350 e. The zero-order valence-electron chi connectivity index (χ0n) is 12.5. The van der Waals surface area contributed by atoms with Crippen molar-refractivity contribution < 1.29 is 9.18 Å². The van der Waals surface area contributed by atoms with Crippen molar-refractivity contribution in [2.24, 2.45) is 0 Å². The van der Waals surface area contributed by atoms with Crippen molar-refractivity contribution in [1.82, 2.24) is 14.9 Å². The highest BCUT2D eigenvalue weighted by atomic mass is 35.5. The molecule has 2 aromatic carbocycles. The zero-order valence-corrected chi connectivity index (χ0v) is 13.3. The lowest BCUT2D eigenvalue weighted by Gasteiger charge is -2.08. The van der Waals surface area contributed by atoms with Gasteiger partial charge in [0.05, 0.1) is 17.2 Å². The van der Waals surface area contributed by atoms with Crippen LogP contribution in [0.25, 0.3) is 10.9 Å². The minimum absolute atomic E-state index is 0.157. The van der Waals surface area contributed by atoms with Crippen molar-refractivity contribution in [2.75, 3.05) is 0 Å². The molecule has 0 saturated carbocycles. The number of nitrogens with zero attached hydrogens (tertiary/aromatic N) is 2. The van der Waals surface area contributed by atoms with Crippen LogP contribution in [-0.2, 0) is 17.9 Å². The van der Waals surface area contributed by atoms with Gasteiger partial charge in [0.2, 0.25) is 5.91 Å². The summed E-state index contributed by atoms with van der Waals surface area (Å²) in [4.78, 5) is 28.5. The predicted molar refractivity (Wildman–Crippen MR) is 89.3 cm³/mol. The van der Waals surface area contributed by atoms with Crippen LogP contribution in [0.15, 0.2) is 53.6 Å². The molecule has 1 N–H and O–H groups in total. The predicted octanol–water partition coefficient (Wildman–Crippen LogP) is 2.51. The number of nitrogens with one attached hydrogen (secondary N) is 1. The van der Waals surface area contributed by atoms with Gasteiger partial charge in [-0.3, -0.25) is 14.2 Å². The molecule has 0 bridgehead atoms. The van der Waals surface area contributed by atoms with Crippen molar-refractivity contribution in [3.8, 4) is 0 Å². The number of carbonyl (C=O) groups excluding carboxylic acids is 1. The second-order valence-corrected chi connectivity index (χ2v) is 5.68. The van der Waals surface area contributed by atoms with E-state index in [0.717, 1.165) is 5.56 Å². The van der Waals surface area contributed by atoms with Gasteiger partial charge in [-0.2, -0.15) is 0 Å². The molecule has 0 aliphatic heterocycles. The molecule has 0 unspecified atom stereocenters. The molecule has 5 nitrogen and oxygen atoms in total. The third-order valence-corrected chi connectivity index (χ3v) is 3.74. The van der Waals surface area contributed by atoms with Crippen molar-refractivity contribution in [3.05, 3.63) is 75.5 Å². The monoisotopic (exact) mass is 345 g/mol. The number of amides is 1. The lowest BCUT2D eigenvalue weighted by Crippen LogP contribution is -2.32. The fraction of sp³-hybridized carbons (Fsp3) is 0.118. The Hall–Kier alpha value is -2.73. The van der Waals surface area contributed by atoms with E-state index in [0.29, 0.717) is 15.9 Å². The molecule has 3 aromatic rings. The fourth-order valence-electron chi connectivity index (χ4n) is 2.26. The van der Waals surface area contributed by atoms with E-state index >= 15 is 0 Å². The van der Waals surface area contributed by atoms with E-state index in [2.05, 4.69) is 10.3 Å². The van der Waals surface area contributed by atoms with Gasteiger partial charge in [0.1, 0.15) is 12.4 Å². The van der Waals surface area contributed by atoms with Crippen LogP contribution in [0.3, 0.4) is 0 Å². The second kappa shape index (κ2) is 6.80. The normalized spacial score (nSPS) is 10.8. The lowest BCUT2D eigenvalue weighted by atomic mass is 10.2. The average molecular weight is 346 g/mol. The maximum absolute atomic E-state index is 12.8. The Bertz CT molecular complexity index is 954. The molecular formula is C17H13ClFN3O2. The smallest absolute Gasteiger partial charge is 0.261 e. The number of rotatable bonds is 4. The van der Waals surface area contributed by atoms with Crippen molar-refractivity contribution in [3.63, 3.8) is 0 Å². The van der Waals surface area contributed by atoms with Crippen LogP contribution in [0.2, 0.25) is 5.02 Å². The van der Waals surface area contributed by atoms with Crippen LogP contribution >= 0.6 is 11.6 Å². The summed E-state index contributed by atoms with van der Waals surface area (Å²) in [5.74, 6) is -0.679. The van der Waals surface area contributed by atoms with Gasteiger partial charge in [-0.15, -0.1) is 0 Å². The lowest BCUT2D eigenvalue weighted by molar-refractivity contribution is -0.121. The molecule has 0 spiro atoms. The summed E-state index contributed by atoms with van der Waals surface area (Å²) in [5, 5.41) is 3.47. The first-order valence-corrected chi connectivity index (χ1v) is 7.56. The van der Waals surface area contributed by atoms with E-state index in [1.807, 2.05) is 0 Å². The van der Waals surface area contributed by atoms with Crippen LogP contribution in [0.4, 0.5) is 4.39 Å². The first kappa shape index (κ1) is 16.1. The number of carbonyl (C=O) groups is 1. The molecule has 1 heterocycles. The highest BCUT2D eigenvalue weighted by Crippen LogP contribution is 2.14. The van der Waals surface area contributed by atoms with E-state index in [1.165, 1.54) is 29.1 Å². The largest absolute Gasteiger partial charge is 0.350 e. The fourth-order valence-corrected chi connectivity index (χ4v) is 2.43. The van der Waals surface area contributed by atoms with E-state index in [9.17, 15) is 14.0 Å². The Morgan fingerprint density at radius 3 is 2.71 bits per heavy atom. The minimum atomic E-state index is -0.343. The van der Waals surface area contributed by atoms with Gasteiger partial charge in [0.15, 0.2) is 0 Å². The van der Waals surface area contributed by atoms with Crippen molar-refractivity contribution in [1.29, 1.82) is 0 Å². The summed E-state index contributed by atoms with van der Waals surface area (Å²) in [7, 11) is 0. The molecule has 24 heavy (non-hydrogen) atoms. The van der Waals surface area contributed by atoms with Crippen molar-refractivity contribution >= 4 is 28.4 Å². The zero-order chi connectivity index (χ0) is 17.1. The van der Waals surface area contributed by atoms with Gasteiger partial charge in [-0.25, -0.2) is 9.37 Å². The first-order valence-electron chi connectivity index (χ1n) is 7.19. The van der Waals surface area contributed by atoms with Gasteiger partial charge < -0.3 is 5.32 Å². The van der Waals surface area contributed by atoms with Gasteiger partial charge >= 0.3 is 0 Å². The Morgan fingerprint density at radius 1 is 1.21 bits per heavy atom. The van der Waals surface area contributed by atoms with Gasteiger partial charge in [-0.1, -0.05) is 23.7 Å². The summed E-state index contributed by atoms with van der Waals surface area (Å²) in [6, 6.07) is 10.6. The first-order chi connectivity index (χ1) is 11.5. The van der Waals surface area contributed by atoms with Gasteiger partial charge in [0.25, 0.3) is 5.56 Å². The second-order valence-electron chi connectivity index (χ2n) is 5.24. The molecule has 0 saturated heterocycles. The van der Waals surface area contributed by atoms with Crippen LogP contribution in [-0.4, -0.2) is 15.5 Å². The maximum atomic E-state index is 12.8. The van der Waals surface area contributed by atoms with Gasteiger partial charge in [-0.05, 0) is 35.9 Å². The Labute approximate surface area is 141 Å². The molecule has 0 aliphatic rings. The molecule has 1 amide bonds. The molecule has 7 heteroatoms. The number of hydrogen-bond acceptors (Lipinski definition) is 3. The van der Waals surface area contributed by atoms with E-state index < -0.39 is 0 Å². The average Bonchev–Trinajstić information content (AvgIpc) is 2.57. The number of halogens is 2. The Morgan fingerprint density at radius 2 is 1.96 bits per heavy atom. The van der Waals surface area contributed by atoms with Gasteiger partial charge in [0, 0.05) is 11.6 Å². The van der Waals surface area contributed by atoms with Crippen LogP contribution < -0.4 is 10.9 Å². The highest BCUT2D eigenvalue weighted by molar-refractivity contribution is 6.31. The number of aromatic nitrogens is 2. The highest BCUT2D eigenvalue weighted by Gasteiger charge is 2.08. The number of benzene rings is 2. The van der Waals surface area contributed by atoms with Crippen LogP contribution in [0.5, 0.6) is 0 Å². The Balaban J connectivity index is 1.72. The van der Waals surface area contributed by atoms with E-state index in [4.69, 9.17) is 11.6 Å². The quantitative estimate of drug-likeness (QED) is 0.790. The molecule has 0 aliphatic carbocycles. The van der Waals surface area contributed by atoms with E-state index in [-0.39, 0.29) is 30.4 Å². The van der Waals surface area contributed by atoms with Crippen LogP contribution in [0, 0.1) is 5.82 Å². The topological polar surface area (TPSA) is 64.0 Å². The summed E-state index contributed by atoms with van der Waals surface area (Å²) < 4.78 is 14.1. The number of fused-ring (bicyclic) bond motifs is 1. The molecule has 0 fully saturated rings. The SMILES string of the molecule is O=C(Cn1cnc2ccc(Cl)cc2c1=O)NCc1ccc(F)cc1. The van der Waals surface area contributed by atoms with Crippen molar-refractivity contribution in [2.45, 2.75) is 13.1 Å². The number of hydrogen-bond donors (Lipinski definition) is 1. The molecule has 122 valence electrons. The summed E-state index contributed by atoms with van der Waals surface area (Å²) in [6.07, 6.45) is 1.33. The standard InChI is InChI=1S/C17H13ClFN3O2/c18-12-3-6-15-14(7-12)17(24)22(10-21-15)9-16(23)20-8-11-1-4-13(19)5-2-11/h1-7,10H,8-9H2,(H,20,23). The molecule has 0 atom stereocenters. The summed E-state index contributed by atoms with van der Waals surface area (Å²) >= 11 is 5.90. The Kier molecular flexibility index (Phi) is 4.57. The molecule has 0 radical (unpaired) electrons. The molecular weight excluding hydrogens is 333 g/mol. The molecule has 1 aromatic heterocycles. The van der Waals surface area contributed by atoms with E-state index in [1.54, 1.807) is 24.3 Å². The third-order valence-electron chi connectivity index (χ3n) is 3.50. The van der Waals surface area contributed by atoms with Crippen LogP contribution in [0.1, 0.15) is 5.56 Å². The maximum Gasteiger partial charge on any atom is 0.261 e. The third kappa shape index (κ3) is 3.60. The summed E-state index contributed by atoms with van der Waals surface area (Å²) in [6.45, 7) is 0.0934.